The van der Waals surface area contributed by atoms with Gasteiger partial charge in [-0.15, -0.1) is 0 Å². The Hall–Kier alpha value is -2.67. The van der Waals surface area contributed by atoms with E-state index >= 15 is 0 Å². The molecule has 0 amide bonds. The van der Waals surface area contributed by atoms with Crippen LogP contribution in [0.1, 0.15) is 35.7 Å². The second-order valence-corrected chi connectivity index (χ2v) is 6.62. The Labute approximate surface area is 150 Å². The van der Waals surface area contributed by atoms with Gasteiger partial charge in [-0.25, -0.2) is 0 Å². The number of hydrogen-bond acceptors (Lipinski definition) is 1. The number of Topliss-reactive ketones (excluding diaryl/α,β-unsaturated/α-hetero) is 1. The number of aryl methyl sites for hydroxylation is 1. The lowest BCUT2D eigenvalue weighted by Gasteiger charge is -2.07. The van der Waals surface area contributed by atoms with Gasteiger partial charge in [-0.05, 0) is 41.2 Å². The highest BCUT2D eigenvalue weighted by Crippen LogP contribution is 2.18. The van der Waals surface area contributed by atoms with Crippen LogP contribution in [0.25, 0.3) is 10.8 Å². The van der Waals surface area contributed by atoms with Crippen molar-refractivity contribution in [3.05, 3.63) is 96.1 Å². The molecule has 0 saturated heterocycles. The molecule has 3 rings (SSSR count). The maximum Gasteiger partial charge on any atom is 0.163 e. The van der Waals surface area contributed by atoms with Crippen LogP contribution in [0, 0.1) is 5.92 Å². The highest BCUT2D eigenvalue weighted by atomic mass is 16.1. The minimum Gasteiger partial charge on any atom is -0.294 e. The minimum atomic E-state index is 0.214. The molecule has 0 aliphatic heterocycles. The standard InChI is InChI=1S/C24H24O/c1-19(9-5-6-12-20-10-3-2-4-11-20)17-24(25)23-16-15-21-13-7-8-14-22(21)18-23/h2-5,7-11,13-16,18-19H,6,12,17H2,1H3/b9-5+. The maximum atomic E-state index is 12.5. The maximum absolute atomic E-state index is 12.5. The Bertz CT molecular complexity index is 861. The Morgan fingerprint density at radius 1 is 0.920 bits per heavy atom. The van der Waals surface area contributed by atoms with Crippen molar-refractivity contribution in [2.75, 3.05) is 0 Å². The summed E-state index contributed by atoms with van der Waals surface area (Å²) in [6, 6.07) is 24.6. The first-order valence-corrected chi connectivity index (χ1v) is 8.95. The van der Waals surface area contributed by atoms with Gasteiger partial charge in [-0.3, -0.25) is 4.79 Å². The summed E-state index contributed by atoms with van der Waals surface area (Å²) in [7, 11) is 0. The average molecular weight is 328 g/mol. The lowest BCUT2D eigenvalue weighted by atomic mass is 9.97. The van der Waals surface area contributed by atoms with Crippen LogP contribution in [-0.2, 0) is 6.42 Å². The first-order chi connectivity index (χ1) is 12.2. The van der Waals surface area contributed by atoms with Gasteiger partial charge in [0.05, 0.1) is 0 Å². The molecule has 0 aliphatic carbocycles. The summed E-state index contributed by atoms with van der Waals surface area (Å²) in [5.74, 6) is 0.473. The predicted octanol–water partition coefficient (Wildman–Crippen LogP) is 6.24. The zero-order valence-electron chi connectivity index (χ0n) is 14.7. The molecule has 3 aromatic rings. The molecule has 1 heteroatoms. The zero-order valence-corrected chi connectivity index (χ0v) is 14.7. The number of carbonyl (C=O) groups excluding carboxylic acids is 1. The molecule has 1 nitrogen and oxygen atoms in total. The van der Waals surface area contributed by atoms with Crippen LogP contribution in [0.3, 0.4) is 0 Å². The molecule has 0 heterocycles. The number of rotatable bonds is 7. The molecule has 126 valence electrons. The molecule has 3 aromatic carbocycles. The fourth-order valence-electron chi connectivity index (χ4n) is 3.06. The SMILES string of the molecule is CC(/C=C/CCc1ccccc1)CC(=O)c1ccc2ccccc2c1. The van der Waals surface area contributed by atoms with Gasteiger partial charge in [-0.2, -0.15) is 0 Å². The number of hydrogen-bond donors (Lipinski definition) is 0. The Balaban J connectivity index is 1.53. The molecule has 0 aromatic heterocycles. The highest BCUT2D eigenvalue weighted by molar-refractivity contribution is 6.00. The number of ketones is 1. The van der Waals surface area contributed by atoms with Gasteiger partial charge in [-0.1, -0.05) is 85.8 Å². The third-order valence-corrected chi connectivity index (χ3v) is 4.49. The lowest BCUT2D eigenvalue weighted by Crippen LogP contribution is -2.04. The molecular formula is C24H24O. The van der Waals surface area contributed by atoms with E-state index in [2.05, 4.69) is 55.5 Å². The molecular weight excluding hydrogens is 304 g/mol. The van der Waals surface area contributed by atoms with Crippen molar-refractivity contribution < 1.29 is 4.79 Å². The van der Waals surface area contributed by atoms with Crippen LogP contribution < -0.4 is 0 Å². The fourth-order valence-corrected chi connectivity index (χ4v) is 3.06. The molecule has 0 aliphatic rings. The summed E-state index contributed by atoms with van der Waals surface area (Å²) < 4.78 is 0. The van der Waals surface area contributed by atoms with E-state index in [0.29, 0.717) is 6.42 Å². The number of fused-ring (bicyclic) bond motifs is 1. The summed E-state index contributed by atoms with van der Waals surface area (Å²) in [5, 5.41) is 2.30. The average Bonchev–Trinajstić information content (AvgIpc) is 2.65. The van der Waals surface area contributed by atoms with Crippen molar-refractivity contribution in [3.63, 3.8) is 0 Å². The van der Waals surface area contributed by atoms with Crippen molar-refractivity contribution in [2.45, 2.75) is 26.2 Å². The normalized spacial score (nSPS) is 12.5. The van der Waals surface area contributed by atoms with Crippen LogP contribution in [0.5, 0.6) is 0 Å². The van der Waals surface area contributed by atoms with Gasteiger partial charge < -0.3 is 0 Å². The summed E-state index contributed by atoms with van der Waals surface area (Å²) in [5.41, 5.74) is 2.16. The molecule has 0 radical (unpaired) electrons. The van der Waals surface area contributed by atoms with Gasteiger partial charge in [0.2, 0.25) is 0 Å². The number of allylic oxidation sites excluding steroid dienone is 2. The quantitative estimate of drug-likeness (QED) is 0.371. The summed E-state index contributed by atoms with van der Waals surface area (Å²) >= 11 is 0. The van der Waals surface area contributed by atoms with Gasteiger partial charge in [0.25, 0.3) is 0 Å². The van der Waals surface area contributed by atoms with E-state index in [0.717, 1.165) is 23.8 Å². The van der Waals surface area contributed by atoms with E-state index in [4.69, 9.17) is 0 Å². The smallest absolute Gasteiger partial charge is 0.163 e. The predicted molar refractivity (Wildman–Crippen MR) is 106 cm³/mol. The van der Waals surface area contributed by atoms with Gasteiger partial charge in [0.1, 0.15) is 0 Å². The van der Waals surface area contributed by atoms with E-state index in [1.54, 1.807) is 0 Å². The molecule has 0 bridgehead atoms. The summed E-state index contributed by atoms with van der Waals surface area (Å²) in [6.45, 7) is 2.11. The van der Waals surface area contributed by atoms with E-state index in [1.165, 1.54) is 10.9 Å². The van der Waals surface area contributed by atoms with Crippen LogP contribution in [0.15, 0.2) is 84.9 Å². The summed E-state index contributed by atoms with van der Waals surface area (Å²) in [6.07, 6.45) is 6.98. The van der Waals surface area contributed by atoms with Crippen molar-refractivity contribution in [1.29, 1.82) is 0 Å². The minimum absolute atomic E-state index is 0.214. The largest absolute Gasteiger partial charge is 0.294 e. The Morgan fingerprint density at radius 3 is 2.44 bits per heavy atom. The van der Waals surface area contributed by atoms with Crippen LogP contribution in [0.4, 0.5) is 0 Å². The van der Waals surface area contributed by atoms with E-state index < -0.39 is 0 Å². The number of carbonyl (C=O) groups is 1. The molecule has 0 N–H and O–H groups in total. The molecule has 0 saturated carbocycles. The van der Waals surface area contributed by atoms with Crippen molar-refractivity contribution >= 4 is 16.6 Å². The highest BCUT2D eigenvalue weighted by Gasteiger charge is 2.09. The summed E-state index contributed by atoms with van der Waals surface area (Å²) in [4.78, 5) is 12.5. The van der Waals surface area contributed by atoms with Gasteiger partial charge in [0.15, 0.2) is 5.78 Å². The monoisotopic (exact) mass is 328 g/mol. The lowest BCUT2D eigenvalue weighted by molar-refractivity contribution is 0.0972. The van der Waals surface area contributed by atoms with Crippen LogP contribution >= 0.6 is 0 Å². The first-order valence-electron chi connectivity index (χ1n) is 8.95. The Kier molecular flexibility index (Phi) is 5.79. The fraction of sp³-hybridized carbons (Fsp3) is 0.208. The van der Waals surface area contributed by atoms with Crippen molar-refractivity contribution in [1.82, 2.24) is 0 Å². The third-order valence-electron chi connectivity index (χ3n) is 4.49. The van der Waals surface area contributed by atoms with E-state index in [1.807, 2.05) is 36.4 Å². The third kappa shape index (κ3) is 4.90. The first kappa shape index (κ1) is 17.2. The van der Waals surface area contributed by atoms with Gasteiger partial charge in [0, 0.05) is 12.0 Å². The van der Waals surface area contributed by atoms with Crippen molar-refractivity contribution in [3.8, 4) is 0 Å². The second-order valence-electron chi connectivity index (χ2n) is 6.62. The van der Waals surface area contributed by atoms with Crippen molar-refractivity contribution in [2.24, 2.45) is 5.92 Å². The van der Waals surface area contributed by atoms with E-state index in [-0.39, 0.29) is 11.7 Å². The molecule has 1 unspecified atom stereocenters. The molecule has 0 fully saturated rings. The van der Waals surface area contributed by atoms with E-state index in [9.17, 15) is 4.79 Å². The molecule has 1 atom stereocenters. The molecule has 0 spiro atoms. The topological polar surface area (TPSA) is 17.1 Å². The van der Waals surface area contributed by atoms with Gasteiger partial charge >= 0.3 is 0 Å². The van der Waals surface area contributed by atoms with Crippen LogP contribution in [-0.4, -0.2) is 5.78 Å². The number of benzene rings is 3. The van der Waals surface area contributed by atoms with Crippen LogP contribution in [0.2, 0.25) is 0 Å². The second kappa shape index (κ2) is 8.43. The molecule has 25 heavy (non-hydrogen) atoms. The Morgan fingerprint density at radius 2 is 1.64 bits per heavy atom. The zero-order chi connectivity index (χ0) is 17.5.